The molecule has 0 aliphatic heterocycles. The van der Waals surface area contributed by atoms with Crippen LogP contribution in [0.2, 0.25) is 0 Å². The van der Waals surface area contributed by atoms with E-state index in [2.05, 4.69) is 5.10 Å². The normalized spacial score (nSPS) is 19.2. The number of rotatable bonds is 4. The summed E-state index contributed by atoms with van der Waals surface area (Å²) in [4.78, 5) is 0.183. The van der Waals surface area contributed by atoms with Gasteiger partial charge in [0.15, 0.2) is 0 Å². The summed E-state index contributed by atoms with van der Waals surface area (Å²) in [6.45, 7) is 1.90. The maximum absolute atomic E-state index is 13.1. The Kier molecular flexibility index (Phi) is 4.51. The van der Waals surface area contributed by atoms with Crippen LogP contribution in [0.25, 0.3) is 0 Å². The molecule has 1 unspecified atom stereocenters. The molecule has 6 nitrogen and oxygen atoms in total. The van der Waals surface area contributed by atoms with E-state index in [0.717, 1.165) is 9.65 Å². The molecule has 1 heterocycles. The molecule has 1 N–H and O–H groups in total. The molecule has 0 fully saturated rings. The molecule has 1 atom stereocenters. The van der Waals surface area contributed by atoms with Gasteiger partial charge in [-0.05, 0) is 56.0 Å². The van der Waals surface area contributed by atoms with E-state index in [-0.39, 0.29) is 4.90 Å². The Morgan fingerprint density at radius 3 is 2.43 bits per heavy atom. The van der Waals surface area contributed by atoms with E-state index in [4.69, 9.17) is 4.74 Å². The third-order valence-electron chi connectivity index (χ3n) is 5.35. The van der Waals surface area contributed by atoms with E-state index < -0.39 is 15.6 Å². The third-order valence-corrected chi connectivity index (χ3v) is 6.98. The van der Waals surface area contributed by atoms with Crippen LogP contribution >= 0.6 is 0 Å². The van der Waals surface area contributed by atoms with Gasteiger partial charge in [0.2, 0.25) is 0 Å². The minimum absolute atomic E-state index is 0.183. The SMILES string of the molecule is COc1ccc(C2(O)CCCc3c2cnn3S(=O)(=O)c2ccc(C)cc2)cc1. The number of ether oxygens (including phenoxy) is 1. The molecule has 0 spiro atoms. The lowest BCUT2D eigenvalue weighted by Gasteiger charge is -2.33. The molecule has 1 aliphatic rings. The fourth-order valence-corrected chi connectivity index (χ4v) is 5.09. The summed E-state index contributed by atoms with van der Waals surface area (Å²) in [7, 11) is -2.24. The van der Waals surface area contributed by atoms with Crippen LogP contribution < -0.4 is 4.74 Å². The van der Waals surface area contributed by atoms with Crippen molar-refractivity contribution in [3.63, 3.8) is 0 Å². The maximum atomic E-state index is 13.1. The van der Waals surface area contributed by atoms with Crippen LogP contribution in [0.3, 0.4) is 0 Å². The minimum atomic E-state index is -3.82. The smallest absolute Gasteiger partial charge is 0.283 e. The molecule has 0 amide bonds. The molecule has 1 aromatic heterocycles. The summed E-state index contributed by atoms with van der Waals surface area (Å²) >= 11 is 0. The molecule has 28 heavy (non-hydrogen) atoms. The highest BCUT2D eigenvalue weighted by molar-refractivity contribution is 7.89. The lowest BCUT2D eigenvalue weighted by molar-refractivity contribution is 0.0613. The molecular formula is C21H22N2O4S. The minimum Gasteiger partial charge on any atom is -0.497 e. The van der Waals surface area contributed by atoms with E-state index in [1.807, 2.05) is 6.92 Å². The number of nitrogens with zero attached hydrogens (tertiary/aromatic N) is 2. The fraction of sp³-hybridized carbons (Fsp3) is 0.286. The van der Waals surface area contributed by atoms with Crippen molar-refractivity contribution in [2.75, 3.05) is 7.11 Å². The maximum Gasteiger partial charge on any atom is 0.283 e. The number of fused-ring (bicyclic) bond motifs is 1. The zero-order chi connectivity index (χ0) is 19.9. The summed E-state index contributed by atoms with van der Waals surface area (Å²) in [5.41, 5.74) is 1.47. The largest absolute Gasteiger partial charge is 0.497 e. The number of aryl methyl sites for hydroxylation is 1. The average molecular weight is 398 g/mol. The first kappa shape index (κ1) is 18.7. The number of aromatic nitrogens is 2. The predicted molar refractivity (Wildman–Crippen MR) is 105 cm³/mol. The van der Waals surface area contributed by atoms with E-state index in [9.17, 15) is 13.5 Å². The summed E-state index contributed by atoms with van der Waals surface area (Å²) in [6, 6.07) is 13.9. The molecule has 0 radical (unpaired) electrons. The van der Waals surface area contributed by atoms with Gasteiger partial charge >= 0.3 is 0 Å². The molecule has 3 aromatic rings. The van der Waals surface area contributed by atoms with Gasteiger partial charge in [-0.2, -0.15) is 17.6 Å². The van der Waals surface area contributed by atoms with Gasteiger partial charge in [-0.1, -0.05) is 29.8 Å². The van der Waals surface area contributed by atoms with Crippen LogP contribution in [0, 0.1) is 6.92 Å². The number of methoxy groups -OCH3 is 1. The average Bonchev–Trinajstić information content (AvgIpc) is 3.15. The highest BCUT2D eigenvalue weighted by atomic mass is 32.2. The van der Waals surface area contributed by atoms with Gasteiger partial charge in [-0.15, -0.1) is 0 Å². The molecule has 146 valence electrons. The van der Waals surface area contributed by atoms with Crippen molar-refractivity contribution >= 4 is 10.0 Å². The second-order valence-electron chi connectivity index (χ2n) is 7.11. The van der Waals surface area contributed by atoms with Crippen LogP contribution in [-0.4, -0.2) is 29.8 Å². The zero-order valence-electron chi connectivity index (χ0n) is 15.8. The number of hydrogen-bond donors (Lipinski definition) is 1. The zero-order valence-corrected chi connectivity index (χ0v) is 16.6. The number of hydrogen-bond acceptors (Lipinski definition) is 5. The van der Waals surface area contributed by atoms with Gasteiger partial charge in [0.1, 0.15) is 11.4 Å². The van der Waals surface area contributed by atoms with E-state index >= 15 is 0 Å². The summed E-state index contributed by atoms with van der Waals surface area (Å²) in [6.07, 6.45) is 3.18. The van der Waals surface area contributed by atoms with E-state index in [1.54, 1.807) is 55.6 Å². The molecule has 0 saturated heterocycles. The Hall–Kier alpha value is -2.64. The first-order chi connectivity index (χ1) is 13.4. The standard InChI is InChI=1S/C21H22N2O4S/c1-15-5-11-18(12-6-15)28(25,26)23-20-4-3-13-21(24,19(20)14-22-23)16-7-9-17(27-2)10-8-16/h5-12,14,24H,3-4,13H2,1-2H3. The Balaban J connectivity index is 1.80. The summed E-state index contributed by atoms with van der Waals surface area (Å²) < 4.78 is 32.5. The number of aliphatic hydroxyl groups is 1. The second kappa shape index (κ2) is 6.76. The van der Waals surface area contributed by atoms with Gasteiger partial charge < -0.3 is 9.84 Å². The van der Waals surface area contributed by atoms with Crippen molar-refractivity contribution in [1.29, 1.82) is 0 Å². The fourth-order valence-electron chi connectivity index (χ4n) is 3.76. The van der Waals surface area contributed by atoms with Crippen LogP contribution in [0.5, 0.6) is 5.75 Å². The van der Waals surface area contributed by atoms with Crippen molar-refractivity contribution in [2.24, 2.45) is 0 Å². The van der Waals surface area contributed by atoms with Crippen molar-refractivity contribution in [3.8, 4) is 5.75 Å². The van der Waals surface area contributed by atoms with Crippen LogP contribution in [-0.2, 0) is 22.0 Å². The third kappa shape index (κ3) is 2.91. The molecule has 0 saturated carbocycles. The molecule has 4 rings (SSSR count). The quantitative estimate of drug-likeness (QED) is 0.731. The number of benzene rings is 2. The first-order valence-electron chi connectivity index (χ1n) is 9.13. The van der Waals surface area contributed by atoms with Gasteiger partial charge in [-0.3, -0.25) is 0 Å². The van der Waals surface area contributed by atoms with Crippen molar-refractivity contribution in [1.82, 2.24) is 9.19 Å². The Morgan fingerprint density at radius 1 is 1.11 bits per heavy atom. The molecule has 7 heteroatoms. The van der Waals surface area contributed by atoms with Gasteiger partial charge in [0.05, 0.1) is 23.9 Å². The molecule has 0 bridgehead atoms. The highest BCUT2D eigenvalue weighted by Crippen LogP contribution is 2.41. The monoisotopic (exact) mass is 398 g/mol. The van der Waals surface area contributed by atoms with E-state index in [1.165, 1.54) is 6.20 Å². The van der Waals surface area contributed by atoms with Crippen LogP contribution in [0.4, 0.5) is 0 Å². The topological polar surface area (TPSA) is 81.4 Å². The molecule has 2 aromatic carbocycles. The van der Waals surface area contributed by atoms with Crippen LogP contribution in [0.15, 0.2) is 59.6 Å². The summed E-state index contributed by atoms with van der Waals surface area (Å²) in [5, 5.41) is 15.6. The Labute approximate surface area is 164 Å². The lowest BCUT2D eigenvalue weighted by Crippen LogP contribution is -2.32. The highest BCUT2D eigenvalue weighted by Gasteiger charge is 2.40. The van der Waals surface area contributed by atoms with Gasteiger partial charge in [-0.25, -0.2) is 0 Å². The Morgan fingerprint density at radius 2 is 1.79 bits per heavy atom. The molecular weight excluding hydrogens is 376 g/mol. The van der Waals surface area contributed by atoms with Gasteiger partial charge in [0, 0.05) is 5.56 Å². The predicted octanol–water partition coefficient (Wildman–Crippen LogP) is 3.01. The van der Waals surface area contributed by atoms with Crippen molar-refractivity contribution in [2.45, 2.75) is 36.7 Å². The van der Waals surface area contributed by atoms with Gasteiger partial charge in [0.25, 0.3) is 10.0 Å². The Bertz CT molecular complexity index is 1100. The second-order valence-corrected chi connectivity index (χ2v) is 8.88. The van der Waals surface area contributed by atoms with Crippen molar-refractivity contribution in [3.05, 3.63) is 77.1 Å². The molecule has 1 aliphatic carbocycles. The van der Waals surface area contributed by atoms with E-state index in [0.29, 0.717) is 41.8 Å². The summed E-state index contributed by atoms with van der Waals surface area (Å²) in [5.74, 6) is 0.695. The van der Waals surface area contributed by atoms with Crippen LogP contribution in [0.1, 0.15) is 35.2 Å². The first-order valence-corrected chi connectivity index (χ1v) is 10.6. The lowest BCUT2D eigenvalue weighted by atomic mass is 9.78. The van der Waals surface area contributed by atoms with Crippen molar-refractivity contribution < 1.29 is 18.3 Å².